The molecule has 134 valence electrons. The number of nitrogens with zero attached hydrogens (tertiary/aromatic N) is 1. The third kappa shape index (κ3) is 5.31. The lowest BCUT2D eigenvalue weighted by atomic mass is 10.0. The highest BCUT2D eigenvalue weighted by Crippen LogP contribution is 2.38. The number of halogens is 1. The molecule has 2 aliphatic rings. The number of rotatable bonds is 8. The van der Waals surface area contributed by atoms with E-state index in [1.807, 2.05) is 24.3 Å². The third-order valence-corrected chi connectivity index (χ3v) is 5.53. The van der Waals surface area contributed by atoms with Gasteiger partial charge in [0.25, 0.3) is 0 Å². The number of hydrogen-bond donors (Lipinski definition) is 1. The molecule has 0 radical (unpaired) electrons. The van der Waals surface area contributed by atoms with Gasteiger partial charge in [0.2, 0.25) is 0 Å². The van der Waals surface area contributed by atoms with Gasteiger partial charge < -0.3 is 10.2 Å². The second-order valence-electron chi connectivity index (χ2n) is 7.11. The van der Waals surface area contributed by atoms with Crippen LogP contribution in [0.25, 0.3) is 5.57 Å². The monoisotopic (exact) mass is 356 g/mol. The van der Waals surface area contributed by atoms with Gasteiger partial charge in [0, 0.05) is 30.1 Å². The summed E-state index contributed by atoms with van der Waals surface area (Å²) in [6, 6.07) is 8.50. The van der Waals surface area contributed by atoms with Crippen molar-refractivity contribution in [2.75, 3.05) is 26.2 Å². The van der Waals surface area contributed by atoms with E-state index in [-0.39, 0.29) is 0 Å². The normalized spacial score (nSPS) is 24.2. The van der Waals surface area contributed by atoms with Gasteiger partial charge in [-0.25, -0.2) is 0 Å². The van der Waals surface area contributed by atoms with E-state index in [2.05, 4.69) is 41.9 Å². The molecule has 1 aromatic rings. The van der Waals surface area contributed by atoms with Gasteiger partial charge in [-0.1, -0.05) is 48.5 Å². The zero-order chi connectivity index (χ0) is 17.6. The number of hydrogen-bond acceptors (Lipinski definition) is 2. The van der Waals surface area contributed by atoms with Crippen molar-refractivity contribution in [3.63, 3.8) is 0 Å². The van der Waals surface area contributed by atoms with Gasteiger partial charge >= 0.3 is 0 Å². The lowest BCUT2D eigenvalue weighted by Gasteiger charge is -2.14. The van der Waals surface area contributed by atoms with E-state index in [1.54, 1.807) is 0 Å². The predicted octanol–water partition coefficient (Wildman–Crippen LogP) is 4.93. The molecule has 3 heteroatoms. The molecule has 1 heterocycles. The molecule has 25 heavy (non-hydrogen) atoms. The molecule has 1 saturated carbocycles. The van der Waals surface area contributed by atoms with Crippen LogP contribution in [-0.2, 0) is 0 Å². The van der Waals surface area contributed by atoms with E-state index in [9.17, 15) is 0 Å². The Morgan fingerprint density at radius 3 is 2.64 bits per heavy atom. The number of benzene rings is 1. The molecule has 1 saturated heterocycles. The van der Waals surface area contributed by atoms with Gasteiger partial charge in [-0.15, -0.1) is 0 Å². The van der Waals surface area contributed by atoms with Crippen molar-refractivity contribution in [2.45, 2.75) is 32.2 Å². The van der Waals surface area contributed by atoms with Crippen molar-refractivity contribution in [1.29, 1.82) is 0 Å². The molecular formula is C22H29ClN2. The van der Waals surface area contributed by atoms with Gasteiger partial charge in [-0.05, 0) is 68.1 Å². The summed E-state index contributed by atoms with van der Waals surface area (Å²) in [6.45, 7) is 11.2. The van der Waals surface area contributed by atoms with Crippen LogP contribution >= 0.6 is 11.6 Å². The summed E-state index contributed by atoms with van der Waals surface area (Å²) in [5.41, 5.74) is 3.55. The van der Waals surface area contributed by atoms with Crippen molar-refractivity contribution in [1.82, 2.24) is 10.2 Å². The zero-order valence-corrected chi connectivity index (χ0v) is 15.9. The Morgan fingerprint density at radius 1 is 1.24 bits per heavy atom. The van der Waals surface area contributed by atoms with Crippen LogP contribution in [0.2, 0.25) is 5.02 Å². The first-order chi connectivity index (χ1) is 12.2. The summed E-state index contributed by atoms with van der Waals surface area (Å²) < 4.78 is 0. The van der Waals surface area contributed by atoms with Crippen molar-refractivity contribution in [3.8, 4) is 0 Å². The molecule has 1 aromatic carbocycles. The van der Waals surface area contributed by atoms with Crippen LogP contribution < -0.4 is 5.32 Å². The molecule has 0 bridgehead atoms. The highest BCUT2D eigenvalue weighted by molar-refractivity contribution is 6.30. The van der Waals surface area contributed by atoms with Crippen LogP contribution in [0.3, 0.4) is 0 Å². The molecule has 0 aromatic heterocycles. The van der Waals surface area contributed by atoms with Crippen LogP contribution in [0.15, 0.2) is 54.6 Å². The van der Waals surface area contributed by atoms with Crippen molar-refractivity contribution in [3.05, 3.63) is 65.2 Å². The summed E-state index contributed by atoms with van der Waals surface area (Å²) in [6.07, 6.45) is 10.6. The van der Waals surface area contributed by atoms with Crippen LogP contribution in [0.4, 0.5) is 0 Å². The fourth-order valence-electron chi connectivity index (χ4n) is 3.59. The summed E-state index contributed by atoms with van der Waals surface area (Å²) in [4.78, 5) is 2.57. The maximum absolute atomic E-state index is 5.95. The standard InChI is InChI=1S/C22H29ClN2/c1-3-18(7-6-17(2)19-8-10-20(23)11-9-19)21-16-22(21)24-12-15-25-13-4-5-14-25/h3,6-11,21-22,24H,2,4-5,12-16H2,1H3. The van der Waals surface area contributed by atoms with E-state index >= 15 is 0 Å². The first-order valence-corrected chi connectivity index (χ1v) is 9.80. The second-order valence-corrected chi connectivity index (χ2v) is 7.54. The van der Waals surface area contributed by atoms with Gasteiger partial charge in [0.15, 0.2) is 0 Å². The van der Waals surface area contributed by atoms with E-state index in [4.69, 9.17) is 11.6 Å². The molecule has 1 N–H and O–H groups in total. The molecule has 3 rings (SSSR count). The van der Waals surface area contributed by atoms with Crippen molar-refractivity contribution >= 4 is 17.2 Å². The average Bonchev–Trinajstić information content (AvgIpc) is 3.17. The summed E-state index contributed by atoms with van der Waals surface area (Å²) >= 11 is 5.95. The summed E-state index contributed by atoms with van der Waals surface area (Å²) in [5.74, 6) is 0.651. The SMILES string of the molecule is C=C(C=CC(=CC)C1CC1NCCN1CCCC1)c1ccc(Cl)cc1. The topological polar surface area (TPSA) is 15.3 Å². The lowest BCUT2D eigenvalue weighted by molar-refractivity contribution is 0.335. The lowest BCUT2D eigenvalue weighted by Crippen LogP contribution is -2.31. The Labute approximate surface area is 157 Å². The first kappa shape index (κ1) is 18.4. The second kappa shape index (κ2) is 8.84. The van der Waals surface area contributed by atoms with E-state index in [0.29, 0.717) is 12.0 Å². The molecule has 1 aliphatic carbocycles. The number of allylic oxidation sites excluding steroid dienone is 4. The summed E-state index contributed by atoms with van der Waals surface area (Å²) in [7, 11) is 0. The maximum atomic E-state index is 5.95. The molecule has 2 fully saturated rings. The quantitative estimate of drug-likeness (QED) is 0.664. The molecule has 0 amide bonds. The Balaban J connectivity index is 1.45. The van der Waals surface area contributed by atoms with Gasteiger partial charge in [0.05, 0.1) is 0 Å². The molecule has 1 aliphatic heterocycles. The molecular weight excluding hydrogens is 328 g/mol. The fraction of sp³-hybridized carbons (Fsp3) is 0.455. The van der Waals surface area contributed by atoms with Gasteiger partial charge in [-0.2, -0.15) is 0 Å². The highest BCUT2D eigenvalue weighted by Gasteiger charge is 2.38. The minimum atomic E-state index is 0.641. The Morgan fingerprint density at radius 2 is 1.96 bits per heavy atom. The molecule has 2 unspecified atom stereocenters. The maximum Gasteiger partial charge on any atom is 0.0406 e. The third-order valence-electron chi connectivity index (χ3n) is 5.28. The Kier molecular flexibility index (Phi) is 6.52. The van der Waals surface area contributed by atoms with E-state index in [0.717, 1.165) is 22.7 Å². The molecule has 0 spiro atoms. The fourth-order valence-corrected chi connectivity index (χ4v) is 3.72. The van der Waals surface area contributed by atoms with Crippen LogP contribution in [0, 0.1) is 5.92 Å². The molecule has 2 atom stereocenters. The Hall–Kier alpha value is -1.35. The zero-order valence-electron chi connectivity index (χ0n) is 15.2. The number of likely N-dealkylation sites (tertiary alicyclic amines) is 1. The van der Waals surface area contributed by atoms with Gasteiger partial charge in [0.1, 0.15) is 0 Å². The minimum Gasteiger partial charge on any atom is -0.312 e. The van der Waals surface area contributed by atoms with Crippen LogP contribution in [-0.4, -0.2) is 37.1 Å². The largest absolute Gasteiger partial charge is 0.312 e. The first-order valence-electron chi connectivity index (χ1n) is 9.42. The predicted molar refractivity (Wildman–Crippen MR) is 109 cm³/mol. The Bertz CT molecular complexity index is 638. The van der Waals surface area contributed by atoms with E-state index in [1.165, 1.54) is 44.5 Å². The van der Waals surface area contributed by atoms with E-state index < -0.39 is 0 Å². The summed E-state index contributed by atoms with van der Waals surface area (Å²) in [5, 5.41) is 4.48. The highest BCUT2D eigenvalue weighted by atomic mass is 35.5. The average molecular weight is 357 g/mol. The smallest absolute Gasteiger partial charge is 0.0406 e. The number of nitrogens with one attached hydrogen (secondary N) is 1. The van der Waals surface area contributed by atoms with Gasteiger partial charge in [-0.3, -0.25) is 0 Å². The van der Waals surface area contributed by atoms with Crippen LogP contribution in [0.1, 0.15) is 31.7 Å². The van der Waals surface area contributed by atoms with Crippen molar-refractivity contribution < 1.29 is 0 Å². The molecule has 2 nitrogen and oxygen atoms in total. The van der Waals surface area contributed by atoms with Crippen LogP contribution in [0.5, 0.6) is 0 Å². The minimum absolute atomic E-state index is 0.641. The van der Waals surface area contributed by atoms with Crippen molar-refractivity contribution in [2.24, 2.45) is 5.92 Å².